The molecule has 1 aromatic rings. The molecule has 6 nitrogen and oxygen atoms in total. The Kier molecular flexibility index (Phi) is 5.56. The van der Waals surface area contributed by atoms with Crippen molar-refractivity contribution in [3.05, 3.63) is 29.3 Å². The number of esters is 1. The summed E-state index contributed by atoms with van der Waals surface area (Å²) in [6.07, 6.45) is 5.63. The third-order valence-corrected chi connectivity index (χ3v) is 6.92. The lowest BCUT2D eigenvalue weighted by atomic mass is 9.49. The Bertz CT molecular complexity index is 790. The second kappa shape index (κ2) is 7.98. The first kappa shape index (κ1) is 20.2. The lowest BCUT2D eigenvalue weighted by Crippen LogP contribution is -2.54. The number of carbonyl (C=O) groups excluding carboxylic acids is 3. The van der Waals surface area contributed by atoms with Crippen LogP contribution in [0.2, 0.25) is 5.02 Å². The molecule has 2 N–H and O–H groups in total. The van der Waals surface area contributed by atoms with E-state index in [0.29, 0.717) is 28.5 Å². The van der Waals surface area contributed by atoms with Gasteiger partial charge in [-0.05, 0) is 81.4 Å². The largest absolute Gasteiger partial charge is 0.451 e. The van der Waals surface area contributed by atoms with Crippen LogP contribution in [-0.2, 0) is 19.1 Å². The van der Waals surface area contributed by atoms with E-state index in [2.05, 4.69) is 10.6 Å². The molecule has 0 aromatic heterocycles. The van der Waals surface area contributed by atoms with Crippen LogP contribution < -0.4 is 10.6 Å². The van der Waals surface area contributed by atoms with E-state index in [1.807, 2.05) is 0 Å². The molecule has 0 radical (unpaired) electrons. The maximum absolute atomic E-state index is 12.9. The number of anilines is 1. The molecule has 5 rings (SSSR count). The second-order valence-corrected chi connectivity index (χ2v) is 9.45. The molecule has 4 bridgehead atoms. The zero-order valence-corrected chi connectivity index (χ0v) is 17.3. The first-order valence-electron chi connectivity index (χ1n) is 10.4. The Morgan fingerprint density at radius 2 is 1.76 bits per heavy atom. The van der Waals surface area contributed by atoms with Crippen LogP contribution in [0, 0.1) is 23.2 Å². The second-order valence-electron chi connectivity index (χ2n) is 9.01. The predicted octanol–water partition coefficient (Wildman–Crippen LogP) is 3.54. The summed E-state index contributed by atoms with van der Waals surface area (Å²) < 4.78 is 5.19. The van der Waals surface area contributed by atoms with Crippen molar-refractivity contribution in [3.8, 4) is 0 Å². The van der Waals surface area contributed by atoms with Crippen LogP contribution in [-0.4, -0.2) is 30.4 Å². The molecule has 0 saturated heterocycles. The molecule has 156 valence electrons. The lowest BCUT2D eigenvalue weighted by molar-refractivity contribution is -0.155. The fourth-order valence-electron chi connectivity index (χ4n) is 5.83. The molecular formula is C22H27ClN2O4. The fourth-order valence-corrected chi connectivity index (χ4v) is 6.02. The summed E-state index contributed by atoms with van der Waals surface area (Å²) >= 11 is 5.90. The third kappa shape index (κ3) is 4.42. The van der Waals surface area contributed by atoms with E-state index in [-0.39, 0.29) is 17.9 Å². The lowest BCUT2D eigenvalue weighted by Gasteiger charge is -2.55. The minimum Gasteiger partial charge on any atom is -0.451 e. The van der Waals surface area contributed by atoms with Gasteiger partial charge in [0.25, 0.3) is 5.91 Å². The van der Waals surface area contributed by atoms with Crippen molar-refractivity contribution in [2.24, 2.45) is 23.2 Å². The Balaban J connectivity index is 1.25. The average molecular weight is 419 g/mol. The van der Waals surface area contributed by atoms with Gasteiger partial charge in [-0.3, -0.25) is 14.4 Å². The van der Waals surface area contributed by atoms with Crippen LogP contribution in [0.15, 0.2) is 24.3 Å². The highest BCUT2D eigenvalue weighted by Gasteiger charge is 2.54. The minimum absolute atomic E-state index is 0.0235. The maximum atomic E-state index is 12.9. The van der Waals surface area contributed by atoms with Crippen molar-refractivity contribution in [3.63, 3.8) is 0 Å². The predicted molar refractivity (Wildman–Crippen MR) is 109 cm³/mol. The Morgan fingerprint density at radius 1 is 1.14 bits per heavy atom. The van der Waals surface area contributed by atoms with Crippen molar-refractivity contribution >= 4 is 35.1 Å². The number of hydrogen-bond donors (Lipinski definition) is 2. The summed E-state index contributed by atoms with van der Waals surface area (Å²) in [6.45, 7) is 1.29. The van der Waals surface area contributed by atoms with Gasteiger partial charge in [0.05, 0.1) is 0 Å². The van der Waals surface area contributed by atoms with E-state index in [9.17, 15) is 14.4 Å². The van der Waals surface area contributed by atoms with E-state index in [1.165, 1.54) is 26.2 Å². The molecule has 7 heteroatoms. The summed E-state index contributed by atoms with van der Waals surface area (Å²) in [7, 11) is 0. The number of carbonyl (C=O) groups is 3. The van der Waals surface area contributed by atoms with E-state index < -0.39 is 18.0 Å². The number of nitrogens with one attached hydrogen (secondary N) is 2. The third-order valence-electron chi connectivity index (χ3n) is 6.68. The van der Waals surface area contributed by atoms with E-state index in [0.717, 1.165) is 19.3 Å². The summed E-state index contributed by atoms with van der Waals surface area (Å²) in [5.74, 6) is 0.895. The summed E-state index contributed by atoms with van der Waals surface area (Å²) in [5.41, 5.74) is 0.227. The monoisotopic (exact) mass is 418 g/mol. The number of rotatable bonds is 6. The minimum atomic E-state index is -0.974. The Labute approximate surface area is 175 Å². The van der Waals surface area contributed by atoms with E-state index in [4.69, 9.17) is 16.3 Å². The van der Waals surface area contributed by atoms with Crippen molar-refractivity contribution in [1.29, 1.82) is 0 Å². The van der Waals surface area contributed by atoms with Crippen LogP contribution in [0.25, 0.3) is 0 Å². The van der Waals surface area contributed by atoms with Crippen LogP contribution in [0.5, 0.6) is 0 Å². The molecule has 1 aromatic carbocycles. The van der Waals surface area contributed by atoms with E-state index in [1.54, 1.807) is 24.3 Å². The Morgan fingerprint density at radius 3 is 2.34 bits per heavy atom. The first-order chi connectivity index (χ1) is 13.8. The molecule has 0 spiro atoms. The maximum Gasteiger partial charge on any atom is 0.326 e. The van der Waals surface area contributed by atoms with Gasteiger partial charge in [-0.1, -0.05) is 17.7 Å². The van der Waals surface area contributed by atoms with Crippen molar-refractivity contribution in [2.75, 3.05) is 11.9 Å². The highest BCUT2D eigenvalue weighted by atomic mass is 35.5. The highest BCUT2D eigenvalue weighted by molar-refractivity contribution is 6.30. The smallest absolute Gasteiger partial charge is 0.326 e. The molecule has 29 heavy (non-hydrogen) atoms. The molecular weight excluding hydrogens is 392 g/mol. The Hall–Kier alpha value is -2.08. The molecule has 0 unspecified atom stereocenters. The number of halogens is 1. The SMILES string of the molecule is C[C@@H](OC(=O)CNC(=O)C12CC3CC(CC(C3)C1)C2)C(=O)Nc1cccc(Cl)c1. The summed E-state index contributed by atoms with van der Waals surface area (Å²) in [6, 6.07) is 6.73. The molecule has 2 amide bonds. The van der Waals surface area contributed by atoms with Gasteiger partial charge in [0.1, 0.15) is 6.54 Å². The number of hydrogen-bond acceptors (Lipinski definition) is 4. The zero-order valence-electron chi connectivity index (χ0n) is 16.6. The van der Waals surface area contributed by atoms with Gasteiger partial charge < -0.3 is 15.4 Å². The molecule has 4 aliphatic carbocycles. The van der Waals surface area contributed by atoms with Gasteiger partial charge in [-0.15, -0.1) is 0 Å². The fraction of sp³-hybridized carbons (Fsp3) is 0.591. The van der Waals surface area contributed by atoms with Crippen LogP contribution in [0.1, 0.15) is 45.4 Å². The topological polar surface area (TPSA) is 84.5 Å². The summed E-state index contributed by atoms with van der Waals surface area (Å²) in [4.78, 5) is 37.2. The molecule has 0 aliphatic heterocycles. The normalized spacial score (nSPS) is 30.5. The van der Waals surface area contributed by atoms with Gasteiger partial charge in [0.2, 0.25) is 5.91 Å². The average Bonchev–Trinajstić information content (AvgIpc) is 2.65. The number of ether oxygens (including phenoxy) is 1. The molecule has 1 atom stereocenters. The van der Waals surface area contributed by atoms with Crippen LogP contribution in [0.4, 0.5) is 5.69 Å². The molecule has 4 fully saturated rings. The van der Waals surface area contributed by atoms with Crippen molar-refractivity contribution < 1.29 is 19.1 Å². The van der Waals surface area contributed by atoms with Crippen LogP contribution >= 0.6 is 11.6 Å². The molecule has 0 heterocycles. The molecule has 4 aliphatic rings. The van der Waals surface area contributed by atoms with Gasteiger partial charge in [0, 0.05) is 16.1 Å². The van der Waals surface area contributed by atoms with E-state index >= 15 is 0 Å². The van der Waals surface area contributed by atoms with Crippen molar-refractivity contribution in [1.82, 2.24) is 5.32 Å². The number of amides is 2. The van der Waals surface area contributed by atoms with Gasteiger partial charge in [0.15, 0.2) is 6.10 Å². The quantitative estimate of drug-likeness (QED) is 0.692. The molecule has 4 saturated carbocycles. The van der Waals surface area contributed by atoms with Crippen molar-refractivity contribution in [2.45, 2.75) is 51.6 Å². The van der Waals surface area contributed by atoms with Gasteiger partial charge in [-0.2, -0.15) is 0 Å². The van der Waals surface area contributed by atoms with Crippen LogP contribution in [0.3, 0.4) is 0 Å². The highest BCUT2D eigenvalue weighted by Crippen LogP contribution is 2.60. The standard InChI is InChI=1S/C22H27ClN2O4/c1-13(20(27)25-18-4-2-3-17(23)8-18)29-19(26)12-24-21(28)22-9-14-5-15(10-22)7-16(6-14)11-22/h2-4,8,13-16H,5-7,9-12H2,1H3,(H,24,28)(H,25,27)/t13-,14?,15?,16?,22?/m1/s1. The zero-order chi connectivity index (χ0) is 20.6. The summed E-state index contributed by atoms with van der Waals surface area (Å²) in [5, 5.41) is 5.93. The van der Waals surface area contributed by atoms with Gasteiger partial charge >= 0.3 is 5.97 Å². The van der Waals surface area contributed by atoms with Gasteiger partial charge in [-0.25, -0.2) is 0 Å². The number of benzene rings is 1. The first-order valence-corrected chi connectivity index (χ1v) is 10.7.